The van der Waals surface area contributed by atoms with E-state index >= 15 is 0 Å². The molecule has 0 heterocycles. The predicted molar refractivity (Wildman–Crippen MR) is 80.3 cm³/mol. The number of ether oxygens (including phenoxy) is 1. The van der Waals surface area contributed by atoms with E-state index in [1.807, 2.05) is 20.8 Å². The molecule has 0 aromatic rings. The molecular formula is C15H29NO6. The zero-order chi connectivity index (χ0) is 17.1. The SMILES string of the molecule is CC(=O)C(COC1CC(CO)C(O)C(O)C1O)NC(C)(C)C. The van der Waals surface area contributed by atoms with Gasteiger partial charge in [0.1, 0.15) is 18.0 Å². The first-order valence-electron chi connectivity index (χ1n) is 7.61. The standard InChI is InChI=1S/C15H29NO6/c1-8(18)10(16-15(2,3)4)7-22-11-5-9(6-17)12(19)14(21)13(11)20/h9-14,16-17,19-21H,5-7H2,1-4H3. The van der Waals surface area contributed by atoms with Crippen molar-refractivity contribution < 1.29 is 30.0 Å². The maximum Gasteiger partial charge on any atom is 0.149 e. The lowest BCUT2D eigenvalue weighted by Gasteiger charge is -2.40. The molecular weight excluding hydrogens is 290 g/mol. The van der Waals surface area contributed by atoms with Crippen LogP contribution in [-0.2, 0) is 9.53 Å². The second kappa shape index (κ2) is 7.81. The van der Waals surface area contributed by atoms with Crippen LogP contribution in [-0.4, -0.2) is 75.4 Å². The van der Waals surface area contributed by atoms with E-state index in [1.165, 1.54) is 6.92 Å². The summed E-state index contributed by atoms with van der Waals surface area (Å²) in [5.41, 5.74) is -0.270. The summed E-state index contributed by atoms with van der Waals surface area (Å²) >= 11 is 0. The van der Waals surface area contributed by atoms with Crippen LogP contribution in [0.2, 0.25) is 0 Å². The average molecular weight is 319 g/mol. The van der Waals surface area contributed by atoms with Crippen molar-refractivity contribution in [1.29, 1.82) is 0 Å². The lowest BCUT2D eigenvalue weighted by molar-refractivity contribution is -0.180. The summed E-state index contributed by atoms with van der Waals surface area (Å²) in [5.74, 6) is -0.644. The number of aliphatic hydroxyl groups is 4. The second-order valence-corrected chi connectivity index (χ2v) is 7.08. The van der Waals surface area contributed by atoms with Crippen molar-refractivity contribution in [3.05, 3.63) is 0 Å². The molecule has 0 bridgehead atoms. The van der Waals surface area contributed by atoms with Crippen molar-refractivity contribution in [2.24, 2.45) is 5.92 Å². The molecule has 7 heteroatoms. The predicted octanol–water partition coefficient (Wildman–Crippen LogP) is -1.19. The normalized spacial score (nSPS) is 34.5. The molecule has 0 spiro atoms. The molecule has 0 amide bonds. The van der Waals surface area contributed by atoms with Crippen molar-refractivity contribution in [2.75, 3.05) is 13.2 Å². The van der Waals surface area contributed by atoms with E-state index < -0.39 is 36.4 Å². The molecule has 0 aliphatic heterocycles. The molecule has 0 aromatic heterocycles. The quantitative estimate of drug-likeness (QED) is 0.418. The van der Waals surface area contributed by atoms with Gasteiger partial charge in [0.15, 0.2) is 0 Å². The number of carbonyl (C=O) groups is 1. The molecule has 22 heavy (non-hydrogen) atoms. The maximum absolute atomic E-state index is 11.7. The highest BCUT2D eigenvalue weighted by Gasteiger charge is 2.43. The third-order valence-electron chi connectivity index (χ3n) is 3.91. The molecule has 0 aromatic carbocycles. The molecule has 7 nitrogen and oxygen atoms in total. The minimum Gasteiger partial charge on any atom is -0.396 e. The summed E-state index contributed by atoms with van der Waals surface area (Å²) < 4.78 is 5.60. The van der Waals surface area contributed by atoms with Gasteiger partial charge in [-0.25, -0.2) is 0 Å². The van der Waals surface area contributed by atoms with Crippen molar-refractivity contribution in [1.82, 2.24) is 5.32 Å². The van der Waals surface area contributed by atoms with Gasteiger partial charge in [-0.15, -0.1) is 0 Å². The van der Waals surface area contributed by atoms with E-state index in [2.05, 4.69) is 5.32 Å². The Kier molecular flexibility index (Phi) is 6.91. The number of ketones is 1. The van der Waals surface area contributed by atoms with Crippen LogP contribution in [0.3, 0.4) is 0 Å². The first-order valence-corrected chi connectivity index (χ1v) is 7.61. The Balaban J connectivity index is 2.66. The zero-order valence-electron chi connectivity index (χ0n) is 13.7. The lowest BCUT2D eigenvalue weighted by Crippen LogP contribution is -2.56. The van der Waals surface area contributed by atoms with E-state index in [4.69, 9.17) is 4.74 Å². The Bertz CT molecular complexity index is 368. The van der Waals surface area contributed by atoms with Gasteiger partial charge in [-0.2, -0.15) is 0 Å². The Morgan fingerprint density at radius 2 is 1.82 bits per heavy atom. The van der Waals surface area contributed by atoms with E-state index in [-0.39, 0.29) is 31.0 Å². The highest BCUT2D eigenvalue weighted by Crippen LogP contribution is 2.27. The average Bonchev–Trinajstić information content (AvgIpc) is 2.41. The molecule has 0 radical (unpaired) electrons. The number of aliphatic hydroxyl groups excluding tert-OH is 4. The fourth-order valence-corrected chi connectivity index (χ4v) is 2.63. The van der Waals surface area contributed by atoms with Crippen LogP contribution < -0.4 is 5.32 Å². The third kappa shape index (κ3) is 5.26. The summed E-state index contributed by atoms with van der Waals surface area (Å²) in [5, 5.41) is 41.9. The molecule has 1 aliphatic rings. The zero-order valence-corrected chi connectivity index (χ0v) is 13.7. The fraction of sp³-hybridized carbons (Fsp3) is 0.933. The molecule has 1 fully saturated rings. The van der Waals surface area contributed by atoms with Crippen LogP contribution in [0.15, 0.2) is 0 Å². The Morgan fingerprint density at radius 3 is 2.27 bits per heavy atom. The number of carbonyl (C=O) groups excluding carboxylic acids is 1. The van der Waals surface area contributed by atoms with Crippen LogP contribution in [0.4, 0.5) is 0 Å². The lowest BCUT2D eigenvalue weighted by atomic mass is 9.81. The van der Waals surface area contributed by atoms with Gasteiger partial charge in [0.25, 0.3) is 0 Å². The van der Waals surface area contributed by atoms with Gasteiger partial charge in [-0.05, 0) is 34.1 Å². The Labute approximate surface area is 131 Å². The minimum absolute atomic E-state index is 0.0509. The van der Waals surface area contributed by atoms with Gasteiger partial charge in [0, 0.05) is 18.1 Å². The molecule has 1 saturated carbocycles. The number of nitrogens with one attached hydrogen (secondary N) is 1. The minimum atomic E-state index is -1.37. The van der Waals surface area contributed by atoms with Crippen LogP contribution in [0.1, 0.15) is 34.1 Å². The summed E-state index contributed by atoms with van der Waals surface area (Å²) in [4.78, 5) is 11.7. The molecule has 6 atom stereocenters. The maximum atomic E-state index is 11.7. The number of hydrogen-bond acceptors (Lipinski definition) is 7. The molecule has 130 valence electrons. The third-order valence-corrected chi connectivity index (χ3v) is 3.91. The number of hydrogen-bond donors (Lipinski definition) is 5. The van der Waals surface area contributed by atoms with Gasteiger partial charge in [-0.3, -0.25) is 4.79 Å². The molecule has 0 saturated heterocycles. The Morgan fingerprint density at radius 1 is 1.23 bits per heavy atom. The van der Waals surface area contributed by atoms with Crippen molar-refractivity contribution >= 4 is 5.78 Å². The summed E-state index contributed by atoms with van der Waals surface area (Å²) in [6, 6.07) is -0.524. The van der Waals surface area contributed by atoms with E-state index in [1.54, 1.807) is 0 Å². The first-order chi connectivity index (χ1) is 10.1. The molecule has 5 N–H and O–H groups in total. The Hall–Kier alpha value is -0.570. The van der Waals surface area contributed by atoms with Crippen molar-refractivity contribution in [2.45, 2.75) is 70.1 Å². The molecule has 1 rings (SSSR count). The van der Waals surface area contributed by atoms with Crippen molar-refractivity contribution in [3.8, 4) is 0 Å². The van der Waals surface area contributed by atoms with Gasteiger partial charge in [-0.1, -0.05) is 0 Å². The topological polar surface area (TPSA) is 119 Å². The first kappa shape index (κ1) is 19.5. The summed E-state index contributed by atoms with van der Waals surface area (Å²) in [6.07, 6.45) is -4.33. The number of Topliss-reactive ketones (excluding diaryl/α,β-unsaturated/α-hetero) is 1. The van der Waals surface area contributed by atoms with E-state index in [9.17, 15) is 25.2 Å². The molecule has 6 unspecified atom stereocenters. The van der Waals surface area contributed by atoms with E-state index in [0.717, 1.165) is 0 Å². The van der Waals surface area contributed by atoms with Gasteiger partial charge in [0.05, 0.1) is 24.9 Å². The summed E-state index contributed by atoms with van der Waals surface area (Å²) in [7, 11) is 0. The highest BCUT2D eigenvalue weighted by atomic mass is 16.5. The molecule has 1 aliphatic carbocycles. The van der Waals surface area contributed by atoms with Crippen LogP contribution in [0.25, 0.3) is 0 Å². The van der Waals surface area contributed by atoms with Gasteiger partial charge >= 0.3 is 0 Å². The highest BCUT2D eigenvalue weighted by molar-refractivity contribution is 5.81. The van der Waals surface area contributed by atoms with Crippen molar-refractivity contribution in [3.63, 3.8) is 0 Å². The largest absolute Gasteiger partial charge is 0.396 e. The van der Waals surface area contributed by atoms with Gasteiger partial charge in [0.2, 0.25) is 0 Å². The van der Waals surface area contributed by atoms with Crippen LogP contribution >= 0.6 is 0 Å². The van der Waals surface area contributed by atoms with Crippen LogP contribution in [0.5, 0.6) is 0 Å². The van der Waals surface area contributed by atoms with Gasteiger partial charge < -0.3 is 30.5 Å². The van der Waals surface area contributed by atoms with Crippen LogP contribution in [0, 0.1) is 5.92 Å². The fourth-order valence-electron chi connectivity index (χ4n) is 2.63. The smallest absolute Gasteiger partial charge is 0.149 e. The van der Waals surface area contributed by atoms with E-state index in [0.29, 0.717) is 0 Å². The summed E-state index contributed by atoms with van der Waals surface area (Å²) in [6.45, 7) is 7.00. The second-order valence-electron chi connectivity index (χ2n) is 7.08. The monoisotopic (exact) mass is 319 g/mol. The number of rotatable bonds is 6.